The van der Waals surface area contributed by atoms with Gasteiger partial charge in [0.15, 0.2) is 0 Å². The molecule has 0 aliphatic heterocycles. The smallest absolute Gasteiger partial charge is 0.267 e. The molecule has 1 aromatic heterocycles. The van der Waals surface area contributed by atoms with Crippen LogP contribution in [-0.2, 0) is 0 Å². The number of benzene rings is 2. The van der Waals surface area contributed by atoms with Crippen LogP contribution in [0.1, 0.15) is 45.3 Å². The third-order valence-corrected chi connectivity index (χ3v) is 4.28. The van der Waals surface area contributed by atoms with Gasteiger partial charge in [-0.15, -0.1) is 0 Å². The maximum Gasteiger partial charge on any atom is 0.288 e. The van der Waals surface area contributed by atoms with E-state index in [9.17, 15) is 9.59 Å². The number of aromatic nitrogens is 2. The Morgan fingerprint density at radius 3 is 2.15 bits per heavy atom. The number of carbonyl (C=O) groups is 2. The van der Waals surface area contributed by atoms with Crippen molar-refractivity contribution < 1.29 is 9.59 Å². The van der Waals surface area contributed by atoms with Crippen molar-refractivity contribution in [2.45, 2.75) is 18.8 Å². The molecule has 1 aliphatic rings. The van der Waals surface area contributed by atoms with Gasteiger partial charge in [0.25, 0.3) is 11.8 Å². The first-order valence-electron chi connectivity index (χ1n) is 8.53. The zero-order chi connectivity index (χ0) is 17.9. The highest BCUT2D eigenvalue weighted by molar-refractivity contribution is 5.98. The molecule has 6 heteroatoms. The van der Waals surface area contributed by atoms with Crippen LogP contribution < -0.4 is 10.9 Å². The average molecular weight is 346 g/mol. The molecule has 26 heavy (non-hydrogen) atoms. The molecule has 2 amide bonds. The van der Waals surface area contributed by atoms with Gasteiger partial charge in [-0.3, -0.25) is 20.4 Å². The van der Waals surface area contributed by atoms with Crippen molar-refractivity contribution in [3.8, 4) is 5.69 Å². The number of hydrogen-bond donors (Lipinski definition) is 2. The van der Waals surface area contributed by atoms with Crippen molar-refractivity contribution >= 4 is 11.8 Å². The molecule has 4 rings (SSSR count). The Morgan fingerprint density at radius 1 is 0.885 bits per heavy atom. The summed E-state index contributed by atoms with van der Waals surface area (Å²) in [7, 11) is 0. The van der Waals surface area contributed by atoms with Gasteiger partial charge >= 0.3 is 0 Å². The van der Waals surface area contributed by atoms with E-state index >= 15 is 0 Å². The fourth-order valence-corrected chi connectivity index (χ4v) is 2.75. The van der Waals surface area contributed by atoms with Crippen LogP contribution in [0.25, 0.3) is 5.69 Å². The van der Waals surface area contributed by atoms with Crippen LogP contribution in [0.2, 0.25) is 0 Å². The number of rotatable bonds is 4. The summed E-state index contributed by atoms with van der Waals surface area (Å²) in [5, 5.41) is 4.59. The first-order chi connectivity index (χ1) is 12.7. The van der Waals surface area contributed by atoms with E-state index in [2.05, 4.69) is 16.0 Å². The number of nitrogens with one attached hydrogen (secondary N) is 2. The van der Waals surface area contributed by atoms with Gasteiger partial charge in [-0.05, 0) is 43.2 Å². The molecule has 1 saturated carbocycles. The SMILES string of the molecule is O=C(NNC(=O)c1cc(C2CC2)nn1-c1ccccc1)c1ccccc1. The second-order valence-corrected chi connectivity index (χ2v) is 6.25. The van der Waals surface area contributed by atoms with Crippen LogP contribution in [0.5, 0.6) is 0 Å². The first kappa shape index (κ1) is 16.1. The Balaban J connectivity index is 1.54. The van der Waals surface area contributed by atoms with Crippen molar-refractivity contribution in [2.24, 2.45) is 0 Å². The van der Waals surface area contributed by atoms with Gasteiger partial charge in [-0.25, -0.2) is 4.68 Å². The molecule has 6 nitrogen and oxygen atoms in total. The Bertz CT molecular complexity index is 931. The molecule has 2 aromatic carbocycles. The predicted octanol–water partition coefficient (Wildman–Crippen LogP) is 2.82. The van der Waals surface area contributed by atoms with Crippen molar-refractivity contribution in [2.75, 3.05) is 0 Å². The molecule has 0 spiro atoms. The van der Waals surface area contributed by atoms with E-state index in [-0.39, 0.29) is 5.91 Å². The van der Waals surface area contributed by atoms with E-state index in [1.165, 1.54) is 0 Å². The molecular formula is C20H18N4O2. The number of nitrogens with zero attached hydrogens (tertiary/aromatic N) is 2. The lowest BCUT2D eigenvalue weighted by Gasteiger charge is -2.09. The highest BCUT2D eigenvalue weighted by atomic mass is 16.2. The van der Waals surface area contributed by atoms with Gasteiger partial charge in [0.05, 0.1) is 11.4 Å². The maximum absolute atomic E-state index is 12.6. The summed E-state index contributed by atoms with van der Waals surface area (Å²) in [4.78, 5) is 24.8. The Morgan fingerprint density at radius 2 is 1.50 bits per heavy atom. The van der Waals surface area contributed by atoms with Gasteiger partial charge in [0, 0.05) is 11.5 Å². The summed E-state index contributed by atoms with van der Waals surface area (Å²) in [5.74, 6) is -0.352. The summed E-state index contributed by atoms with van der Waals surface area (Å²) in [6, 6.07) is 20.0. The van der Waals surface area contributed by atoms with Crippen LogP contribution in [0, 0.1) is 0 Å². The molecule has 0 atom stereocenters. The lowest BCUT2D eigenvalue weighted by atomic mass is 10.2. The zero-order valence-corrected chi connectivity index (χ0v) is 14.1. The second-order valence-electron chi connectivity index (χ2n) is 6.25. The van der Waals surface area contributed by atoms with Crippen molar-refractivity contribution in [3.63, 3.8) is 0 Å². The molecule has 3 aromatic rings. The average Bonchev–Trinajstić information content (AvgIpc) is 3.45. The Labute approximate surface area is 150 Å². The lowest BCUT2D eigenvalue weighted by Crippen LogP contribution is -2.42. The van der Waals surface area contributed by atoms with E-state index in [0.29, 0.717) is 17.2 Å². The third-order valence-electron chi connectivity index (χ3n) is 4.28. The van der Waals surface area contributed by atoms with Crippen molar-refractivity contribution in [3.05, 3.63) is 83.7 Å². The molecule has 2 N–H and O–H groups in total. The van der Waals surface area contributed by atoms with Crippen LogP contribution >= 0.6 is 0 Å². The van der Waals surface area contributed by atoms with Crippen LogP contribution in [0.3, 0.4) is 0 Å². The number of hydrogen-bond acceptors (Lipinski definition) is 3. The topological polar surface area (TPSA) is 76.0 Å². The summed E-state index contributed by atoms with van der Waals surface area (Å²) in [5.41, 5.74) is 7.52. The highest BCUT2D eigenvalue weighted by Crippen LogP contribution is 2.39. The number of carbonyl (C=O) groups excluding carboxylic acids is 2. The number of amides is 2. The molecule has 1 heterocycles. The van der Waals surface area contributed by atoms with Gasteiger partial charge in [-0.1, -0.05) is 36.4 Å². The van der Waals surface area contributed by atoms with E-state index in [0.717, 1.165) is 24.2 Å². The van der Waals surface area contributed by atoms with Gasteiger partial charge in [-0.2, -0.15) is 5.10 Å². The van der Waals surface area contributed by atoms with Crippen molar-refractivity contribution in [1.82, 2.24) is 20.6 Å². The monoisotopic (exact) mass is 346 g/mol. The molecule has 0 unspecified atom stereocenters. The number of hydrazine groups is 1. The van der Waals surface area contributed by atoms with E-state index in [1.54, 1.807) is 35.0 Å². The molecule has 1 aliphatic carbocycles. The normalized spacial score (nSPS) is 13.2. The molecule has 0 bridgehead atoms. The predicted molar refractivity (Wildman–Crippen MR) is 96.9 cm³/mol. The fraction of sp³-hybridized carbons (Fsp3) is 0.150. The van der Waals surface area contributed by atoms with Crippen LogP contribution in [0.4, 0.5) is 0 Å². The Kier molecular flexibility index (Phi) is 4.23. The maximum atomic E-state index is 12.6. The summed E-state index contributed by atoms with van der Waals surface area (Å²) in [6.45, 7) is 0. The van der Waals surface area contributed by atoms with Gasteiger partial charge in [0.1, 0.15) is 5.69 Å². The number of para-hydroxylation sites is 1. The minimum absolute atomic E-state index is 0.368. The van der Waals surface area contributed by atoms with E-state index in [4.69, 9.17) is 0 Å². The summed E-state index contributed by atoms with van der Waals surface area (Å²) < 4.78 is 1.62. The standard InChI is InChI=1S/C20H18N4O2/c25-19(15-7-3-1-4-8-15)21-22-20(26)18-13-17(14-11-12-14)23-24(18)16-9-5-2-6-10-16/h1-10,13-14H,11-12H2,(H,21,25)(H,22,26). The Hall–Kier alpha value is -3.41. The molecule has 0 radical (unpaired) electrons. The van der Waals surface area contributed by atoms with E-state index in [1.807, 2.05) is 36.4 Å². The zero-order valence-electron chi connectivity index (χ0n) is 14.1. The largest absolute Gasteiger partial charge is 0.288 e. The molecule has 0 saturated heterocycles. The van der Waals surface area contributed by atoms with Crippen LogP contribution in [-0.4, -0.2) is 21.6 Å². The molecule has 130 valence electrons. The van der Waals surface area contributed by atoms with Gasteiger partial charge < -0.3 is 0 Å². The fourth-order valence-electron chi connectivity index (χ4n) is 2.75. The minimum Gasteiger partial charge on any atom is -0.267 e. The van der Waals surface area contributed by atoms with Crippen LogP contribution in [0.15, 0.2) is 66.7 Å². The van der Waals surface area contributed by atoms with Gasteiger partial charge in [0.2, 0.25) is 0 Å². The second kappa shape index (κ2) is 6.84. The minimum atomic E-state index is -0.405. The van der Waals surface area contributed by atoms with E-state index < -0.39 is 5.91 Å². The summed E-state index contributed by atoms with van der Waals surface area (Å²) in [6.07, 6.45) is 2.19. The quantitative estimate of drug-likeness (QED) is 0.713. The first-order valence-corrected chi connectivity index (χ1v) is 8.53. The molecule has 1 fully saturated rings. The molecular weight excluding hydrogens is 328 g/mol. The van der Waals surface area contributed by atoms with Crippen molar-refractivity contribution in [1.29, 1.82) is 0 Å². The highest BCUT2D eigenvalue weighted by Gasteiger charge is 2.29. The third kappa shape index (κ3) is 3.35. The lowest BCUT2D eigenvalue weighted by molar-refractivity contribution is 0.0842. The summed E-state index contributed by atoms with van der Waals surface area (Å²) >= 11 is 0.